The van der Waals surface area contributed by atoms with E-state index in [9.17, 15) is 14.4 Å². The molecule has 160 valence electrons. The number of hydrogen-bond acceptors (Lipinski definition) is 3. The molecule has 1 saturated heterocycles. The SMILES string of the molecule is Cc1ccc(Cl)cc1NC(=O)[C@@H](Cc1ccccc1)N1C(=O)[C@@H]2[C@H]3CC[C@@H](C3)[C@@H]2C1=O. The molecule has 0 unspecified atom stereocenters. The zero-order valence-electron chi connectivity index (χ0n) is 17.4. The van der Waals surface area contributed by atoms with Crippen LogP contribution in [-0.4, -0.2) is 28.7 Å². The molecule has 5 atom stereocenters. The molecule has 3 fully saturated rings. The number of likely N-dealkylation sites (tertiary alicyclic amines) is 1. The lowest BCUT2D eigenvalue weighted by atomic mass is 9.81. The van der Waals surface area contributed by atoms with E-state index in [0.29, 0.717) is 17.1 Å². The summed E-state index contributed by atoms with van der Waals surface area (Å²) in [5, 5.41) is 3.44. The van der Waals surface area contributed by atoms with Gasteiger partial charge in [-0.25, -0.2) is 0 Å². The average molecular weight is 437 g/mol. The van der Waals surface area contributed by atoms with Crippen LogP contribution < -0.4 is 5.32 Å². The number of amides is 3. The van der Waals surface area contributed by atoms with Crippen molar-refractivity contribution in [3.8, 4) is 0 Å². The number of nitrogens with one attached hydrogen (secondary N) is 1. The molecule has 3 aliphatic rings. The second-order valence-corrected chi connectivity index (χ2v) is 9.52. The van der Waals surface area contributed by atoms with E-state index in [0.717, 1.165) is 30.4 Å². The number of fused-ring (bicyclic) bond motifs is 5. The van der Waals surface area contributed by atoms with E-state index >= 15 is 0 Å². The van der Waals surface area contributed by atoms with E-state index in [2.05, 4.69) is 5.32 Å². The van der Waals surface area contributed by atoms with Crippen LogP contribution in [0.15, 0.2) is 48.5 Å². The van der Waals surface area contributed by atoms with Gasteiger partial charge in [0.1, 0.15) is 6.04 Å². The highest BCUT2D eigenvalue weighted by Crippen LogP contribution is 2.56. The first-order valence-electron chi connectivity index (χ1n) is 10.9. The van der Waals surface area contributed by atoms with Crippen LogP contribution in [0.25, 0.3) is 0 Å². The van der Waals surface area contributed by atoms with Crippen LogP contribution in [0.2, 0.25) is 5.02 Å². The van der Waals surface area contributed by atoms with Gasteiger partial charge in [0.05, 0.1) is 11.8 Å². The zero-order valence-corrected chi connectivity index (χ0v) is 18.1. The molecule has 2 bridgehead atoms. The van der Waals surface area contributed by atoms with Crippen molar-refractivity contribution in [2.75, 3.05) is 5.32 Å². The van der Waals surface area contributed by atoms with Gasteiger partial charge in [0.2, 0.25) is 17.7 Å². The number of aryl methyl sites for hydroxylation is 1. The summed E-state index contributed by atoms with van der Waals surface area (Å²) in [6, 6.07) is 13.9. The van der Waals surface area contributed by atoms with Gasteiger partial charge in [-0.15, -0.1) is 0 Å². The Kier molecular flexibility index (Phi) is 5.09. The fourth-order valence-corrected chi connectivity index (χ4v) is 5.99. The molecule has 2 aromatic rings. The maximum Gasteiger partial charge on any atom is 0.248 e. The molecule has 5 rings (SSSR count). The third-order valence-electron chi connectivity index (χ3n) is 7.31. The van der Waals surface area contributed by atoms with Crippen molar-refractivity contribution >= 4 is 35.0 Å². The molecule has 0 radical (unpaired) electrons. The Morgan fingerprint density at radius 2 is 1.71 bits per heavy atom. The molecule has 0 aromatic heterocycles. The second kappa shape index (κ2) is 7.79. The lowest BCUT2D eigenvalue weighted by molar-refractivity contribution is -0.147. The number of halogens is 1. The zero-order chi connectivity index (χ0) is 21.7. The van der Waals surface area contributed by atoms with Gasteiger partial charge in [0.25, 0.3) is 0 Å². The van der Waals surface area contributed by atoms with Crippen LogP contribution in [0, 0.1) is 30.6 Å². The summed E-state index contributed by atoms with van der Waals surface area (Å²) in [5.41, 5.74) is 2.37. The van der Waals surface area contributed by atoms with Crippen molar-refractivity contribution in [3.63, 3.8) is 0 Å². The fourth-order valence-electron chi connectivity index (χ4n) is 5.82. The summed E-state index contributed by atoms with van der Waals surface area (Å²) in [6.07, 6.45) is 3.28. The van der Waals surface area contributed by atoms with Crippen molar-refractivity contribution in [1.82, 2.24) is 4.90 Å². The second-order valence-electron chi connectivity index (χ2n) is 9.09. The van der Waals surface area contributed by atoms with Crippen molar-refractivity contribution < 1.29 is 14.4 Å². The number of rotatable bonds is 5. The van der Waals surface area contributed by atoms with E-state index in [1.54, 1.807) is 12.1 Å². The van der Waals surface area contributed by atoms with Crippen LogP contribution in [0.4, 0.5) is 5.69 Å². The van der Waals surface area contributed by atoms with Gasteiger partial charge in [0.15, 0.2) is 0 Å². The minimum Gasteiger partial charge on any atom is -0.324 e. The standard InChI is InChI=1S/C25H25ClN2O3/c1-14-7-10-18(26)13-19(14)27-23(29)20(11-15-5-3-2-4-6-15)28-24(30)21-16-8-9-17(12-16)22(21)25(28)31/h2-7,10,13,16-17,20-22H,8-9,11-12H2,1H3,(H,27,29)/t16-,17-,20+,21-,22+/m0/s1. The van der Waals surface area contributed by atoms with Crippen LogP contribution >= 0.6 is 11.6 Å². The normalized spacial score (nSPS) is 27.5. The summed E-state index contributed by atoms with van der Waals surface area (Å²) in [7, 11) is 0. The predicted molar refractivity (Wildman–Crippen MR) is 118 cm³/mol. The molecular formula is C25H25ClN2O3. The fraction of sp³-hybridized carbons (Fsp3) is 0.400. The third kappa shape index (κ3) is 3.45. The maximum absolute atomic E-state index is 13.5. The third-order valence-corrected chi connectivity index (χ3v) is 7.54. The number of benzene rings is 2. The number of carbonyl (C=O) groups excluding carboxylic acids is 3. The molecule has 2 saturated carbocycles. The molecule has 6 heteroatoms. The van der Waals surface area contributed by atoms with E-state index in [1.807, 2.05) is 43.3 Å². The first-order valence-corrected chi connectivity index (χ1v) is 11.3. The van der Waals surface area contributed by atoms with Crippen LogP contribution in [0.5, 0.6) is 0 Å². The number of nitrogens with zero attached hydrogens (tertiary/aromatic N) is 1. The number of imide groups is 1. The number of hydrogen-bond donors (Lipinski definition) is 1. The molecule has 2 aromatic carbocycles. The quantitative estimate of drug-likeness (QED) is 0.713. The Hall–Kier alpha value is -2.66. The number of anilines is 1. The van der Waals surface area contributed by atoms with Gasteiger partial charge in [-0.3, -0.25) is 19.3 Å². The van der Waals surface area contributed by atoms with Crippen molar-refractivity contribution in [2.24, 2.45) is 23.7 Å². The lowest BCUT2D eigenvalue weighted by Gasteiger charge is -2.27. The Morgan fingerprint density at radius 1 is 1.06 bits per heavy atom. The van der Waals surface area contributed by atoms with Gasteiger partial charge in [0, 0.05) is 17.1 Å². The highest BCUT2D eigenvalue weighted by Gasteiger charge is 2.62. The Morgan fingerprint density at radius 3 is 2.35 bits per heavy atom. The van der Waals surface area contributed by atoms with Crippen LogP contribution in [-0.2, 0) is 20.8 Å². The van der Waals surface area contributed by atoms with Crippen molar-refractivity contribution in [3.05, 3.63) is 64.7 Å². The van der Waals surface area contributed by atoms with Crippen LogP contribution in [0.1, 0.15) is 30.4 Å². The van der Waals surface area contributed by atoms with Gasteiger partial charge in [-0.2, -0.15) is 0 Å². The lowest BCUT2D eigenvalue weighted by Crippen LogP contribution is -2.49. The van der Waals surface area contributed by atoms with Crippen LogP contribution in [0.3, 0.4) is 0 Å². The van der Waals surface area contributed by atoms with Gasteiger partial charge >= 0.3 is 0 Å². The predicted octanol–water partition coefficient (Wildman–Crippen LogP) is 4.23. The van der Waals surface area contributed by atoms with E-state index in [4.69, 9.17) is 11.6 Å². The Labute approximate surface area is 186 Å². The monoisotopic (exact) mass is 436 g/mol. The van der Waals surface area contributed by atoms with E-state index in [1.165, 1.54) is 4.90 Å². The molecule has 1 N–H and O–H groups in total. The Balaban J connectivity index is 1.47. The maximum atomic E-state index is 13.5. The first-order chi connectivity index (χ1) is 14.9. The highest BCUT2D eigenvalue weighted by molar-refractivity contribution is 6.31. The van der Waals surface area contributed by atoms with Crippen molar-refractivity contribution in [1.29, 1.82) is 0 Å². The average Bonchev–Trinajstić information content (AvgIpc) is 3.44. The Bertz CT molecular complexity index is 1030. The summed E-state index contributed by atoms with van der Waals surface area (Å²) in [4.78, 5) is 41.5. The number of carbonyl (C=O) groups is 3. The molecule has 31 heavy (non-hydrogen) atoms. The molecule has 3 amide bonds. The largest absolute Gasteiger partial charge is 0.324 e. The van der Waals surface area contributed by atoms with Gasteiger partial charge < -0.3 is 5.32 Å². The molecule has 5 nitrogen and oxygen atoms in total. The summed E-state index contributed by atoms with van der Waals surface area (Å²) < 4.78 is 0. The van der Waals surface area contributed by atoms with E-state index in [-0.39, 0.29) is 41.4 Å². The van der Waals surface area contributed by atoms with E-state index < -0.39 is 6.04 Å². The molecule has 2 aliphatic carbocycles. The molecular weight excluding hydrogens is 412 g/mol. The summed E-state index contributed by atoms with van der Waals surface area (Å²) in [5.74, 6) is -0.611. The smallest absolute Gasteiger partial charge is 0.248 e. The molecule has 1 heterocycles. The minimum atomic E-state index is -0.884. The minimum absolute atomic E-state index is 0.166. The van der Waals surface area contributed by atoms with Crippen molar-refractivity contribution in [2.45, 2.75) is 38.6 Å². The van der Waals surface area contributed by atoms with Gasteiger partial charge in [-0.1, -0.05) is 48.0 Å². The topological polar surface area (TPSA) is 66.5 Å². The molecule has 0 spiro atoms. The summed E-state index contributed by atoms with van der Waals surface area (Å²) >= 11 is 6.12. The summed E-state index contributed by atoms with van der Waals surface area (Å²) in [6.45, 7) is 1.88. The first kappa shape index (κ1) is 20.3. The molecule has 1 aliphatic heterocycles. The highest BCUT2D eigenvalue weighted by atomic mass is 35.5. The van der Waals surface area contributed by atoms with Gasteiger partial charge in [-0.05, 0) is 61.3 Å².